The molecular formula is C12H22O. The van der Waals surface area contributed by atoms with Crippen LogP contribution in [0.2, 0.25) is 0 Å². The van der Waals surface area contributed by atoms with Crippen molar-refractivity contribution in [3.8, 4) is 0 Å². The van der Waals surface area contributed by atoms with Gasteiger partial charge in [0.15, 0.2) is 0 Å². The summed E-state index contributed by atoms with van der Waals surface area (Å²) in [5, 5.41) is 0. The Morgan fingerprint density at radius 3 is 1.85 bits per heavy atom. The second kappa shape index (κ2) is 3.81. The fraction of sp³-hybridized carbons (Fsp3) is 0.917. The molecule has 76 valence electrons. The maximum absolute atomic E-state index is 11.8. The van der Waals surface area contributed by atoms with Gasteiger partial charge in [0, 0.05) is 11.8 Å². The standard InChI is InChI=1S/C12H22O/c1-5-9(3)12(10(4)6-2)8-7-11(12)13/h9-10H,5-8H2,1-4H3. The van der Waals surface area contributed by atoms with Crippen LogP contribution in [0.5, 0.6) is 0 Å². The molecule has 0 saturated heterocycles. The molecule has 0 aromatic carbocycles. The van der Waals surface area contributed by atoms with E-state index < -0.39 is 0 Å². The van der Waals surface area contributed by atoms with E-state index in [2.05, 4.69) is 27.7 Å². The highest BCUT2D eigenvalue weighted by atomic mass is 16.1. The Morgan fingerprint density at radius 1 is 1.23 bits per heavy atom. The lowest BCUT2D eigenvalue weighted by atomic mass is 9.53. The maximum Gasteiger partial charge on any atom is 0.139 e. The van der Waals surface area contributed by atoms with Crippen molar-refractivity contribution in [2.24, 2.45) is 17.3 Å². The van der Waals surface area contributed by atoms with Crippen LogP contribution < -0.4 is 0 Å². The summed E-state index contributed by atoms with van der Waals surface area (Å²) in [5.41, 5.74) is 0.0590. The van der Waals surface area contributed by atoms with E-state index in [1.165, 1.54) is 0 Å². The lowest BCUT2D eigenvalue weighted by Crippen LogP contribution is -2.50. The summed E-state index contributed by atoms with van der Waals surface area (Å²) in [4.78, 5) is 11.8. The first-order chi connectivity index (χ1) is 6.09. The van der Waals surface area contributed by atoms with E-state index in [1.54, 1.807) is 0 Å². The van der Waals surface area contributed by atoms with Crippen LogP contribution in [0.3, 0.4) is 0 Å². The molecule has 0 N–H and O–H groups in total. The van der Waals surface area contributed by atoms with Gasteiger partial charge in [-0.25, -0.2) is 0 Å². The zero-order valence-electron chi connectivity index (χ0n) is 9.39. The zero-order valence-corrected chi connectivity index (χ0v) is 9.39. The van der Waals surface area contributed by atoms with E-state index in [0.29, 0.717) is 17.6 Å². The van der Waals surface area contributed by atoms with Gasteiger partial charge in [-0.2, -0.15) is 0 Å². The van der Waals surface area contributed by atoms with E-state index in [4.69, 9.17) is 0 Å². The van der Waals surface area contributed by atoms with Crippen molar-refractivity contribution in [1.29, 1.82) is 0 Å². The molecule has 0 aliphatic heterocycles. The molecule has 0 aromatic rings. The highest BCUT2D eigenvalue weighted by Crippen LogP contribution is 2.51. The molecule has 0 bridgehead atoms. The third kappa shape index (κ3) is 1.43. The van der Waals surface area contributed by atoms with Crippen LogP contribution in [0.4, 0.5) is 0 Å². The van der Waals surface area contributed by atoms with Gasteiger partial charge in [0.05, 0.1) is 0 Å². The number of carbonyl (C=O) groups excluding carboxylic acids is 1. The summed E-state index contributed by atoms with van der Waals surface area (Å²) in [7, 11) is 0. The van der Waals surface area contributed by atoms with Gasteiger partial charge in [-0.1, -0.05) is 40.5 Å². The van der Waals surface area contributed by atoms with Crippen LogP contribution in [-0.4, -0.2) is 5.78 Å². The number of ketones is 1. The van der Waals surface area contributed by atoms with Gasteiger partial charge in [-0.3, -0.25) is 4.79 Å². The molecule has 2 atom stereocenters. The smallest absolute Gasteiger partial charge is 0.139 e. The van der Waals surface area contributed by atoms with Gasteiger partial charge >= 0.3 is 0 Å². The van der Waals surface area contributed by atoms with Gasteiger partial charge in [0.25, 0.3) is 0 Å². The molecule has 1 fully saturated rings. The summed E-state index contributed by atoms with van der Waals surface area (Å²) >= 11 is 0. The van der Waals surface area contributed by atoms with E-state index in [9.17, 15) is 4.79 Å². The molecular weight excluding hydrogens is 160 g/mol. The Morgan fingerprint density at radius 2 is 1.69 bits per heavy atom. The minimum atomic E-state index is 0.0590. The van der Waals surface area contributed by atoms with Crippen molar-refractivity contribution in [1.82, 2.24) is 0 Å². The summed E-state index contributed by atoms with van der Waals surface area (Å²) in [6.45, 7) is 8.87. The Bertz CT molecular complexity index is 185. The second-order valence-corrected chi connectivity index (χ2v) is 4.58. The van der Waals surface area contributed by atoms with E-state index in [0.717, 1.165) is 25.7 Å². The molecule has 1 aliphatic rings. The Balaban J connectivity index is 2.82. The first-order valence-electron chi connectivity index (χ1n) is 5.62. The molecule has 1 saturated carbocycles. The first-order valence-corrected chi connectivity index (χ1v) is 5.62. The highest BCUT2D eigenvalue weighted by molar-refractivity contribution is 5.91. The second-order valence-electron chi connectivity index (χ2n) is 4.58. The Labute approximate surface area is 81.9 Å². The monoisotopic (exact) mass is 182 g/mol. The van der Waals surface area contributed by atoms with Crippen molar-refractivity contribution >= 4 is 5.78 Å². The van der Waals surface area contributed by atoms with Gasteiger partial charge in [0.2, 0.25) is 0 Å². The summed E-state index contributed by atoms with van der Waals surface area (Å²) in [6.07, 6.45) is 4.23. The number of rotatable bonds is 4. The predicted molar refractivity (Wildman–Crippen MR) is 55.6 cm³/mol. The maximum atomic E-state index is 11.8. The van der Waals surface area contributed by atoms with Crippen molar-refractivity contribution in [2.45, 2.75) is 53.4 Å². The first kappa shape index (κ1) is 10.7. The topological polar surface area (TPSA) is 17.1 Å². The molecule has 1 heteroatoms. The SMILES string of the molecule is CCC(C)C1(C(C)CC)CCC1=O. The number of hydrogen-bond acceptors (Lipinski definition) is 1. The fourth-order valence-corrected chi connectivity index (χ4v) is 2.77. The zero-order chi connectivity index (χ0) is 10.1. The number of carbonyl (C=O) groups is 1. The minimum absolute atomic E-state index is 0.0590. The van der Waals surface area contributed by atoms with Crippen LogP contribution in [-0.2, 0) is 4.79 Å². The third-order valence-electron chi connectivity index (χ3n) is 4.27. The fourth-order valence-electron chi connectivity index (χ4n) is 2.77. The average Bonchev–Trinajstić information content (AvgIpc) is 2.15. The van der Waals surface area contributed by atoms with Gasteiger partial charge in [-0.15, -0.1) is 0 Å². The summed E-state index contributed by atoms with van der Waals surface area (Å²) in [6, 6.07) is 0. The molecule has 0 amide bonds. The van der Waals surface area contributed by atoms with Gasteiger partial charge < -0.3 is 0 Å². The largest absolute Gasteiger partial charge is 0.299 e. The summed E-state index contributed by atoms with van der Waals surface area (Å²) in [5.74, 6) is 1.67. The quantitative estimate of drug-likeness (QED) is 0.651. The number of Topliss-reactive ketones (excluding diaryl/α,β-unsaturated/α-hetero) is 1. The molecule has 0 radical (unpaired) electrons. The van der Waals surface area contributed by atoms with Crippen LogP contribution in [0.1, 0.15) is 53.4 Å². The third-order valence-corrected chi connectivity index (χ3v) is 4.27. The highest BCUT2D eigenvalue weighted by Gasteiger charge is 2.51. The average molecular weight is 182 g/mol. The van der Waals surface area contributed by atoms with Crippen molar-refractivity contribution < 1.29 is 4.79 Å². The van der Waals surface area contributed by atoms with Crippen LogP contribution >= 0.6 is 0 Å². The van der Waals surface area contributed by atoms with Crippen LogP contribution in [0.25, 0.3) is 0 Å². The van der Waals surface area contributed by atoms with E-state index >= 15 is 0 Å². The molecule has 1 aliphatic carbocycles. The van der Waals surface area contributed by atoms with Crippen molar-refractivity contribution in [3.05, 3.63) is 0 Å². The molecule has 13 heavy (non-hydrogen) atoms. The van der Waals surface area contributed by atoms with Gasteiger partial charge in [-0.05, 0) is 18.3 Å². The molecule has 0 aromatic heterocycles. The lowest BCUT2D eigenvalue weighted by molar-refractivity contribution is -0.148. The van der Waals surface area contributed by atoms with Crippen LogP contribution in [0, 0.1) is 17.3 Å². The van der Waals surface area contributed by atoms with Gasteiger partial charge in [0.1, 0.15) is 5.78 Å². The molecule has 0 heterocycles. The van der Waals surface area contributed by atoms with Crippen molar-refractivity contribution in [3.63, 3.8) is 0 Å². The van der Waals surface area contributed by atoms with Crippen molar-refractivity contribution in [2.75, 3.05) is 0 Å². The molecule has 1 rings (SSSR count). The van der Waals surface area contributed by atoms with E-state index in [-0.39, 0.29) is 5.41 Å². The Hall–Kier alpha value is -0.330. The molecule has 2 unspecified atom stereocenters. The lowest BCUT2D eigenvalue weighted by Gasteiger charge is -2.49. The minimum Gasteiger partial charge on any atom is -0.299 e. The van der Waals surface area contributed by atoms with E-state index in [1.807, 2.05) is 0 Å². The summed E-state index contributed by atoms with van der Waals surface area (Å²) < 4.78 is 0. The normalized spacial score (nSPS) is 32.5. The molecule has 1 nitrogen and oxygen atoms in total. The van der Waals surface area contributed by atoms with Crippen LogP contribution in [0.15, 0.2) is 0 Å². The predicted octanol–water partition coefficient (Wildman–Crippen LogP) is 3.43. The Kier molecular flexibility index (Phi) is 3.15. The molecule has 0 spiro atoms. The number of hydrogen-bond donors (Lipinski definition) is 0.